The predicted octanol–water partition coefficient (Wildman–Crippen LogP) is 5.01. The summed E-state index contributed by atoms with van der Waals surface area (Å²) in [6.07, 6.45) is 0. The standard InChI is InChI=1S/C20H18N2O2/c1-24-19-9-5-8-18(14-19)22-20(23)21-17-12-10-16(11-13-17)15-6-3-2-4-7-15/h2-14H,1H3,(H2,21,22,23). The molecule has 0 radical (unpaired) electrons. The Morgan fingerprint density at radius 2 is 1.42 bits per heavy atom. The number of methoxy groups -OCH3 is 1. The summed E-state index contributed by atoms with van der Waals surface area (Å²) >= 11 is 0. The predicted molar refractivity (Wildman–Crippen MR) is 97.5 cm³/mol. The van der Waals surface area contributed by atoms with Gasteiger partial charge in [-0.3, -0.25) is 0 Å². The van der Waals surface area contributed by atoms with Crippen LogP contribution in [0, 0.1) is 0 Å². The number of nitrogens with one attached hydrogen (secondary N) is 2. The minimum Gasteiger partial charge on any atom is -0.497 e. The second-order valence-electron chi connectivity index (χ2n) is 5.25. The van der Waals surface area contributed by atoms with Crippen LogP contribution in [0.25, 0.3) is 11.1 Å². The Kier molecular flexibility index (Phi) is 4.77. The van der Waals surface area contributed by atoms with Crippen LogP contribution in [0.4, 0.5) is 16.2 Å². The summed E-state index contributed by atoms with van der Waals surface area (Å²) in [6.45, 7) is 0. The van der Waals surface area contributed by atoms with Gasteiger partial charge >= 0.3 is 6.03 Å². The Balaban J connectivity index is 1.64. The number of urea groups is 1. The van der Waals surface area contributed by atoms with Gasteiger partial charge in [-0.25, -0.2) is 4.79 Å². The Labute approximate surface area is 141 Å². The van der Waals surface area contributed by atoms with Crippen molar-refractivity contribution in [1.82, 2.24) is 0 Å². The SMILES string of the molecule is COc1cccc(NC(=O)Nc2ccc(-c3ccccc3)cc2)c1. The van der Waals surface area contributed by atoms with E-state index in [-0.39, 0.29) is 6.03 Å². The Morgan fingerprint density at radius 1 is 0.750 bits per heavy atom. The highest BCUT2D eigenvalue weighted by Crippen LogP contribution is 2.21. The van der Waals surface area contributed by atoms with Crippen molar-refractivity contribution in [3.63, 3.8) is 0 Å². The third kappa shape index (κ3) is 3.93. The van der Waals surface area contributed by atoms with Gasteiger partial charge in [-0.1, -0.05) is 48.5 Å². The molecule has 0 aliphatic heterocycles. The highest BCUT2D eigenvalue weighted by molar-refractivity contribution is 5.99. The van der Waals surface area contributed by atoms with E-state index >= 15 is 0 Å². The number of rotatable bonds is 4. The molecule has 0 aliphatic carbocycles. The molecule has 2 N–H and O–H groups in total. The van der Waals surface area contributed by atoms with Crippen LogP contribution in [0.15, 0.2) is 78.9 Å². The molecule has 0 bridgehead atoms. The molecule has 24 heavy (non-hydrogen) atoms. The molecule has 0 fully saturated rings. The average Bonchev–Trinajstić information content (AvgIpc) is 2.63. The van der Waals surface area contributed by atoms with Crippen LogP contribution in [0.2, 0.25) is 0 Å². The van der Waals surface area contributed by atoms with Crippen molar-refractivity contribution in [2.24, 2.45) is 0 Å². The van der Waals surface area contributed by atoms with Gasteiger partial charge in [-0.05, 0) is 35.4 Å². The number of amides is 2. The lowest BCUT2D eigenvalue weighted by atomic mass is 10.1. The van der Waals surface area contributed by atoms with E-state index in [9.17, 15) is 4.79 Å². The summed E-state index contributed by atoms with van der Waals surface area (Å²) in [5.74, 6) is 0.694. The molecular formula is C20H18N2O2. The normalized spacial score (nSPS) is 10.0. The summed E-state index contributed by atoms with van der Waals surface area (Å²) in [7, 11) is 1.59. The average molecular weight is 318 g/mol. The van der Waals surface area contributed by atoms with Crippen LogP contribution in [0.1, 0.15) is 0 Å². The molecule has 2 amide bonds. The van der Waals surface area contributed by atoms with Gasteiger partial charge in [0, 0.05) is 17.4 Å². The third-order valence-corrected chi connectivity index (χ3v) is 3.58. The van der Waals surface area contributed by atoms with E-state index in [1.165, 1.54) is 0 Å². The van der Waals surface area contributed by atoms with E-state index in [4.69, 9.17) is 4.74 Å². The van der Waals surface area contributed by atoms with Crippen LogP contribution in [-0.4, -0.2) is 13.1 Å². The quantitative estimate of drug-likeness (QED) is 0.710. The fourth-order valence-electron chi connectivity index (χ4n) is 2.37. The van der Waals surface area contributed by atoms with E-state index in [2.05, 4.69) is 22.8 Å². The minimum absolute atomic E-state index is 0.296. The first kappa shape index (κ1) is 15.6. The van der Waals surface area contributed by atoms with Crippen LogP contribution in [-0.2, 0) is 0 Å². The third-order valence-electron chi connectivity index (χ3n) is 3.58. The topological polar surface area (TPSA) is 50.4 Å². The summed E-state index contributed by atoms with van der Waals surface area (Å²) in [6, 6.07) is 24.8. The molecule has 3 aromatic rings. The van der Waals surface area contributed by atoms with Crippen LogP contribution < -0.4 is 15.4 Å². The number of ether oxygens (including phenoxy) is 1. The molecule has 0 aliphatic rings. The second kappa shape index (κ2) is 7.33. The highest BCUT2D eigenvalue weighted by atomic mass is 16.5. The summed E-state index contributed by atoms with van der Waals surface area (Å²) in [5, 5.41) is 5.60. The van der Waals surface area contributed by atoms with Crippen molar-refractivity contribution in [3.05, 3.63) is 78.9 Å². The summed E-state index contributed by atoms with van der Waals surface area (Å²) in [4.78, 5) is 12.1. The molecule has 0 aromatic heterocycles. The minimum atomic E-state index is -0.296. The lowest BCUT2D eigenvalue weighted by Gasteiger charge is -2.09. The van der Waals surface area contributed by atoms with Crippen molar-refractivity contribution in [2.75, 3.05) is 17.7 Å². The van der Waals surface area contributed by atoms with Crippen LogP contribution >= 0.6 is 0 Å². The van der Waals surface area contributed by atoms with E-state index in [1.807, 2.05) is 54.6 Å². The summed E-state index contributed by atoms with van der Waals surface area (Å²) in [5.41, 5.74) is 3.65. The maximum Gasteiger partial charge on any atom is 0.323 e. The van der Waals surface area contributed by atoms with E-state index in [0.717, 1.165) is 16.8 Å². The number of hydrogen-bond donors (Lipinski definition) is 2. The van der Waals surface area contributed by atoms with Gasteiger partial charge in [0.05, 0.1) is 7.11 Å². The molecule has 0 saturated carbocycles. The van der Waals surface area contributed by atoms with Gasteiger partial charge in [0.2, 0.25) is 0 Å². The van der Waals surface area contributed by atoms with Crippen LogP contribution in [0.3, 0.4) is 0 Å². The second-order valence-corrected chi connectivity index (χ2v) is 5.25. The zero-order chi connectivity index (χ0) is 16.8. The van der Waals surface area contributed by atoms with Gasteiger partial charge in [-0.2, -0.15) is 0 Å². The fraction of sp³-hybridized carbons (Fsp3) is 0.0500. The molecule has 3 aromatic carbocycles. The first-order valence-electron chi connectivity index (χ1n) is 7.62. The molecule has 3 rings (SSSR count). The number of hydrogen-bond acceptors (Lipinski definition) is 2. The Morgan fingerprint density at radius 3 is 2.12 bits per heavy atom. The first-order valence-corrected chi connectivity index (χ1v) is 7.62. The monoisotopic (exact) mass is 318 g/mol. The first-order chi connectivity index (χ1) is 11.7. The molecule has 4 heteroatoms. The number of carbonyl (C=O) groups excluding carboxylic acids is 1. The van der Waals surface area contributed by atoms with Crippen molar-refractivity contribution < 1.29 is 9.53 Å². The maximum absolute atomic E-state index is 12.1. The van der Waals surface area contributed by atoms with E-state index < -0.39 is 0 Å². The number of carbonyl (C=O) groups is 1. The maximum atomic E-state index is 12.1. The van der Waals surface area contributed by atoms with Crippen molar-refractivity contribution in [2.45, 2.75) is 0 Å². The zero-order valence-electron chi connectivity index (χ0n) is 13.3. The largest absolute Gasteiger partial charge is 0.497 e. The van der Waals surface area contributed by atoms with Gasteiger partial charge in [0.25, 0.3) is 0 Å². The molecule has 0 saturated heterocycles. The lowest BCUT2D eigenvalue weighted by molar-refractivity contribution is 0.262. The van der Waals surface area contributed by atoms with Gasteiger partial charge in [-0.15, -0.1) is 0 Å². The molecule has 0 unspecified atom stereocenters. The lowest BCUT2D eigenvalue weighted by Crippen LogP contribution is -2.19. The molecule has 0 heterocycles. The number of anilines is 2. The molecule has 4 nitrogen and oxygen atoms in total. The van der Waals surface area contributed by atoms with Crippen molar-refractivity contribution in [1.29, 1.82) is 0 Å². The molecule has 120 valence electrons. The molecular weight excluding hydrogens is 300 g/mol. The Hall–Kier alpha value is -3.27. The molecule has 0 atom stereocenters. The van der Waals surface area contributed by atoms with Gasteiger partial charge in [0.1, 0.15) is 5.75 Å². The van der Waals surface area contributed by atoms with Gasteiger partial charge < -0.3 is 15.4 Å². The molecule has 0 spiro atoms. The van der Waals surface area contributed by atoms with E-state index in [0.29, 0.717) is 11.4 Å². The fourth-order valence-corrected chi connectivity index (χ4v) is 2.37. The Bertz CT molecular complexity index is 815. The van der Waals surface area contributed by atoms with Crippen LogP contribution in [0.5, 0.6) is 5.75 Å². The summed E-state index contributed by atoms with van der Waals surface area (Å²) < 4.78 is 5.14. The van der Waals surface area contributed by atoms with Crippen molar-refractivity contribution >= 4 is 17.4 Å². The number of benzene rings is 3. The zero-order valence-corrected chi connectivity index (χ0v) is 13.3. The van der Waals surface area contributed by atoms with E-state index in [1.54, 1.807) is 19.2 Å². The smallest absolute Gasteiger partial charge is 0.323 e. The van der Waals surface area contributed by atoms with Gasteiger partial charge in [0.15, 0.2) is 0 Å². The van der Waals surface area contributed by atoms with Crippen molar-refractivity contribution in [3.8, 4) is 16.9 Å². The highest BCUT2D eigenvalue weighted by Gasteiger charge is 2.04.